The molecule has 4 nitrogen and oxygen atoms in total. The van der Waals surface area contributed by atoms with Crippen LogP contribution in [0, 0.1) is 5.92 Å². The Morgan fingerprint density at radius 3 is 2.64 bits per heavy atom. The molecule has 1 fully saturated rings. The Labute approximate surface area is 122 Å². The fraction of sp³-hybridized carbons (Fsp3) is 0.462. The average Bonchev–Trinajstić information content (AvgIpc) is 2.92. The number of hydrogen-bond donors (Lipinski definition) is 1. The highest BCUT2D eigenvalue weighted by Crippen LogP contribution is 2.38. The first-order chi connectivity index (χ1) is 10.3. The summed E-state index contributed by atoms with van der Waals surface area (Å²) in [5.41, 5.74) is -1.53. The number of alkyl halides is 5. The van der Waals surface area contributed by atoms with Crippen LogP contribution in [0.15, 0.2) is 18.2 Å². The van der Waals surface area contributed by atoms with Crippen LogP contribution in [-0.2, 0) is 15.7 Å². The molecule has 1 aromatic carbocycles. The SMILES string of the molecule is O=C(Nc1ccc(OC(F)F)c(C(F)(F)F)c1)[C@@H]1CCOC1. The third kappa shape index (κ3) is 4.06. The molecule has 22 heavy (non-hydrogen) atoms. The zero-order chi connectivity index (χ0) is 16.3. The monoisotopic (exact) mass is 325 g/mol. The van der Waals surface area contributed by atoms with Crippen molar-refractivity contribution in [3.63, 3.8) is 0 Å². The number of hydrogen-bond acceptors (Lipinski definition) is 3. The van der Waals surface area contributed by atoms with Crippen LogP contribution in [0.5, 0.6) is 5.75 Å². The van der Waals surface area contributed by atoms with Crippen molar-refractivity contribution in [2.75, 3.05) is 18.5 Å². The van der Waals surface area contributed by atoms with Crippen LogP contribution in [0.4, 0.5) is 27.6 Å². The van der Waals surface area contributed by atoms with E-state index in [1.54, 1.807) is 0 Å². The van der Waals surface area contributed by atoms with Crippen molar-refractivity contribution in [1.82, 2.24) is 0 Å². The van der Waals surface area contributed by atoms with E-state index in [9.17, 15) is 26.7 Å². The largest absolute Gasteiger partial charge is 0.434 e. The smallest absolute Gasteiger partial charge is 0.420 e. The molecular weight excluding hydrogens is 313 g/mol. The fourth-order valence-electron chi connectivity index (χ4n) is 2.01. The van der Waals surface area contributed by atoms with Gasteiger partial charge in [-0.05, 0) is 24.6 Å². The normalized spacial score (nSPS) is 18.5. The van der Waals surface area contributed by atoms with Crippen LogP contribution in [0.2, 0.25) is 0 Å². The molecule has 1 N–H and O–H groups in total. The van der Waals surface area contributed by atoms with E-state index in [1.807, 2.05) is 0 Å². The van der Waals surface area contributed by atoms with Crippen molar-refractivity contribution in [3.05, 3.63) is 23.8 Å². The minimum atomic E-state index is -4.89. The van der Waals surface area contributed by atoms with Gasteiger partial charge in [0.15, 0.2) is 0 Å². The second-order valence-corrected chi connectivity index (χ2v) is 4.64. The van der Waals surface area contributed by atoms with E-state index >= 15 is 0 Å². The van der Waals surface area contributed by atoms with Crippen molar-refractivity contribution in [2.45, 2.75) is 19.2 Å². The Morgan fingerprint density at radius 2 is 2.09 bits per heavy atom. The van der Waals surface area contributed by atoms with Crippen LogP contribution in [-0.4, -0.2) is 25.7 Å². The Morgan fingerprint density at radius 1 is 1.36 bits per heavy atom. The van der Waals surface area contributed by atoms with E-state index in [0.29, 0.717) is 19.1 Å². The molecule has 1 atom stereocenters. The second kappa shape index (κ2) is 6.47. The lowest BCUT2D eigenvalue weighted by Crippen LogP contribution is -2.23. The molecule has 2 rings (SSSR count). The molecule has 0 aromatic heterocycles. The maximum Gasteiger partial charge on any atom is 0.420 e. The number of rotatable bonds is 4. The van der Waals surface area contributed by atoms with Gasteiger partial charge in [0.05, 0.1) is 18.1 Å². The molecule has 1 saturated heterocycles. The quantitative estimate of drug-likeness (QED) is 0.864. The Kier molecular flexibility index (Phi) is 4.84. The topological polar surface area (TPSA) is 47.6 Å². The van der Waals surface area contributed by atoms with E-state index in [4.69, 9.17) is 4.74 Å². The molecule has 9 heteroatoms. The molecule has 1 aliphatic heterocycles. The molecule has 0 spiro atoms. The average molecular weight is 325 g/mol. The van der Waals surface area contributed by atoms with Crippen LogP contribution in [0.25, 0.3) is 0 Å². The van der Waals surface area contributed by atoms with Gasteiger partial charge in [0.1, 0.15) is 5.75 Å². The first kappa shape index (κ1) is 16.5. The number of ether oxygens (including phenoxy) is 2. The van der Waals surface area contributed by atoms with Gasteiger partial charge in [-0.2, -0.15) is 22.0 Å². The Bertz CT molecular complexity index is 541. The van der Waals surface area contributed by atoms with E-state index in [0.717, 1.165) is 12.1 Å². The summed E-state index contributed by atoms with van der Waals surface area (Å²) in [6.45, 7) is -2.77. The molecular formula is C13H12F5NO3. The van der Waals surface area contributed by atoms with Crippen molar-refractivity contribution in [3.8, 4) is 5.75 Å². The molecule has 0 unspecified atom stereocenters. The lowest BCUT2D eigenvalue weighted by atomic mass is 10.1. The maximum atomic E-state index is 12.9. The maximum absolute atomic E-state index is 12.9. The van der Waals surface area contributed by atoms with Gasteiger partial charge in [-0.25, -0.2) is 0 Å². The number of anilines is 1. The van der Waals surface area contributed by atoms with Gasteiger partial charge in [-0.3, -0.25) is 4.79 Å². The molecule has 122 valence electrons. The van der Waals surface area contributed by atoms with Crippen molar-refractivity contribution >= 4 is 11.6 Å². The van der Waals surface area contributed by atoms with Gasteiger partial charge in [-0.15, -0.1) is 0 Å². The van der Waals surface area contributed by atoms with Gasteiger partial charge in [-0.1, -0.05) is 0 Å². The molecule has 0 radical (unpaired) electrons. The van der Waals surface area contributed by atoms with E-state index < -0.39 is 35.9 Å². The number of benzene rings is 1. The summed E-state index contributed by atoms with van der Waals surface area (Å²) < 4.78 is 71.7. The van der Waals surface area contributed by atoms with E-state index in [-0.39, 0.29) is 12.3 Å². The molecule has 0 saturated carbocycles. The summed E-state index contributed by atoms with van der Waals surface area (Å²) in [5.74, 6) is -1.91. The highest BCUT2D eigenvalue weighted by molar-refractivity contribution is 5.93. The molecule has 0 aliphatic carbocycles. The summed E-state index contributed by atoms with van der Waals surface area (Å²) in [4.78, 5) is 11.8. The summed E-state index contributed by atoms with van der Waals surface area (Å²) in [6.07, 6.45) is -4.41. The minimum absolute atomic E-state index is 0.147. The number of carbonyl (C=O) groups excluding carboxylic acids is 1. The number of carbonyl (C=O) groups is 1. The van der Waals surface area contributed by atoms with E-state index in [1.165, 1.54) is 0 Å². The fourth-order valence-corrected chi connectivity index (χ4v) is 2.01. The second-order valence-electron chi connectivity index (χ2n) is 4.64. The zero-order valence-corrected chi connectivity index (χ0v) is 11.1. The highest BCUT2D eigenvalue weighted by atomic mass is 19.4. The first-order valence-electron chi connectivity index (χ1n) is 6.32. The van der Waals surface area contributed by atoms with Gasteiger partial charge >= 0.3 is 12.8 Å². The van der Waals surface area contributed by atoms with Gasteiger partial charge in [0.2, 0.25) is 5.91 Å². The van der Waals surface area contributed by atoms with Crippen molar-refractivity contribution < 1.29 is 36.2 Å². The summed E-state index contributed by atoms with van der Waals surface area (Å²) >= 11 is 0. The standard InChI is InChI=1S/C13H12F5NO3/c14-12(15)22-10-2-1-8(5-9(10)13(16,17)18)19-11(20)7-3-4-21-6-7/h1-2,5,7,12H,3-4,6H2,(H,19,20)/t7-/m1/s1. The van der Waals surface area contributed by atoms with Gasteiger partial charge < -0.3 is 14.8 Å². The van der Waals surface area contributed by atoms with Crippen LogP contribution >= 0.6 is 0 Å². The summed E-state index contributed by atoms with van der Waals surface area (Å²) in [6, 6.07) is 2.38. The Hall–Kier alpha value is -1.90. The zero-order valence-electron chi connectivity index (χ0n) is 11.1. The first-order valence-corrected chi connectivity index (χ1v) is 6.32. The predicted molar refractivity (Wildman–Crippen MR) is 65.6 cm³/mol. The van der Waals surface area contributed by atoms with Crippen LogP contribution in [0.1, 0.15) is 12.0 Å². The van der Waals surface area contributed by atoms with E-state index in [2.05, 4.69) is 10.1 Å². The van der Waals surface area contributed by atoms with Gasteiger partial charge in [0.25, 0.3) is 0 Å². The summed E-state index contributed by atoms with van der Waals surface area (Å²) in [5, 5.41) is 2.31. The van der Waals surface area contributed by atoms with Gasteiger partial charge in [0, 0.05) is 12.3 Å². The van der Waals surface area contributed by atoms with Crippen LogP contribution < -0.4 is 10.1 Å². The lowest BCUT2D eigenvalue weighted by Gasteiger charge is -2.16. The molecule has 1 aliphatic rings. The molecule has 1 heterocycles. The number of nitrogens with one attached hydrogen (secondary N) is 1. The third-order valence-corrected chi connectivity index (χ3v) is 3.07. The highest BCUT2D eigenvalue weighted by Gasteiger charge is 2.35. The van der Waals surface area contributed by atoms with Crippen molar-refractivity contribution in [1.29, 1.82) is 0 Å². The van der Waals surface area contributed by atoms with Crippen molar-refractivity contribution in [2.24, 2.45) is 5.92 Å². The molecule has 1 aromatic rings. The third-order valence-electron chi connectivity index (χ3n) is 3.07. The number of halogens is 5. The minimum Gasteiger partial charge on any atom is -0.434 e. The molecule has 1 amide bonds. The van der Waals surface area contributed by atoms with Crippen LogP contribution in [0.3, 0.4) is 0 Å². The number of amides is 1. The predicted octanol–water partition coefficient (Wildman–Crippen LogP) is 3.28. The molecule has 0 bridgehead atoms. The lowest BCUT2D eigenvalue weighted by molar-refractivity contribution is -0.141. The summed E-state index contributed by atoms with van der Waals surface area (Å²) in [7, 11) is 0. The Balaban J connectivity index is 2.20.